The number of nitriles is 1. The number of hydrogen-bond donors (Lipinski definition) is 1. The molecule has 0 saturated heterocycles. The third kappa shape index (κ3) is 4.52. The van der Waals surface area contributed by atoms with E-state index in [2.05, 4.69) is 22.6 Å². The van der Waals surface area contributed by atoms with Gasteiger partial charge in [0, 0.05) is 18.0 Å². The van der Waals surface area contributed by atoms with E-state index in [1.807, 2.05) is 12.1 Å². The first-order valence-corrected chi connectivity index (χ1v) is 6.00. The first-order valence-electron chi connectivity index (χ1n) is 4.60. The Morgan fingerprint density at radius 1 is 1.47 bits per heavy atom. The number of hydrogen-bond acceptors (Lipinski definition) is 3. The Hall–Kier alpha value is -1.47. The maximum atomic E-state index is 8.60. The van der Waals surface area contributed by atoms with Gasteiger partial charge in [-0.25, -0.2) is 0 Å². The summed E-state index contributed by atoms with van der Waals surface area (Å²) in [5.41, 5.74) is 1.61. The van der Waals surface area contributed by atoms with Gasteiger partial charge in [-0.05, 0) is 30.5 Å². The van der Waals surface area contributed by atoms with Gasteiger partial charge in [0.25, 0.3) is 0 Å². The fourth-order valence-corrected chi connectivity index (χ4v) is 1.26. The summed E-state index contributed by atoms with van der Waals surface area (Å²) in [7, 11) is 0. The first kappa shape index (κ1) is 11.6. The third-order valence-corrected chi connectivity index (χ3v) is 2.35. The van der Waals surface area contributed by atoms with E-state index >= 15 is 0 Å². The standard InChI is InChI=1S/C11H13N3S/c1-15-7-6-13-9-14-11-4-2-10(8-12)3-5-11/h2-5,9H,6-7H2,1H3,(H,13,14). The molecule has 0 spiro atoms. The van der Waals surface area contributed by atoms with E-state index in [1.165, 1.54) is 0 Å². The molecule has 0 unspecified atom stereocenters. The average molecular weight is 219 g/mol. The summed E-state index contributed by atoms with van der Waals surface area (Å²) in [5, 5.41) is 11.6. The molecule has 0 fully saturated rings. The molecule has 0 saturated carbocycles. The number of nitrogens with one attached hydrogen (secondary N) is 1. The lowest BCUT2D eigenvalue weighted by Crippen LogP contribution is -1.96. The molecule has 1 aromatic carbocycles. The lowest BCUT2D eigenvalue weighted by Gasteiger charge is -1.99. The third-order valence-electron chi connectivity index (χ3n) is 1.76. The van der Waals surface area contributed by atoms with Crippen LogP contribution in [0.25, 0.3) is 0 Å². The zero-order valence-electron chi connectivity index (χ0n) is 8.60. The minimum absolute atomic E-state index is 0.667. The molecular formula is C11H13N3S. The zero-order valence-corrected chi connectivity index (χ0v) is 9.42. The van der Waals surface area contributed by atoms with Gasteiger partial charge in [-0.3, -0.25) is 4.99 Å². The maximum Gasteiger partial charge on any atom is 0.0991 e. The Labute approximate surface area is 94.2 Å². The number of benzene rings is 1. The fraction of sp³-hybridized carbons (Fsp3) is 0.273. The molecule has 0 bridgehead atoms. The Kier molecular flexibility index (Phi) is 5.34. The molecule has 15 heavy (non-hydrogen) atoms. The summed E-state index contributed by atoms with van der Waals surface area (Å²) in [4.78, 5) is 4.18. The Morgan fingerprint density at radius 2 is 2.20 bits per heavy atom. The van der Waals surface area contributed by atoms with E-state index in [0.29, 0.717) is 5.56 Å². The van der Waals surface area contributed by atoms with Gasteiger partial charge < -0.3 is 5.32 Å². The lowest BCUT2D eigenvalue weighted by atomic mass is 10.2. The second kappa shape index (κ2) is 6.91. The van der Waals surface area contributed by atoms with Gasteiger partial charge in [-0.1, -0.05) is 0 Å². The van der Waals surface area contributed by atoms with Gasteiger partial charge in [0.05, 0.1) is 18.0 Å². The normalized spacial score (nSPS) is 10.1. The van der Waals surface area contributed by atoms with Crippen LogP contribution in [0.15, 0.2) is 29.3 Å². The maximum absolute atomic E-state index is 8.60. The summed E-state index contributed by atoms with van der Waals surface area (Å²) in [6.07, 6.45) is 3.75. The van der Waals surface area contributed by atoms with Crippen molar-refractivity contribution in [3.63, 3.8) is 0 Å². The van der Waals surface area contributed by atoms with Crippen LogP contribution in [-0.2, 0) is 0 Å². The highest BCUT2D eigenvalue weighted by atomic mass is 32.2. The average Bonchev–Trinajstić information content (AvgIpc) is 2.30. The van der Waals surface area contributed by atoms with Gasteiger partial charge in [-0.15, -0.1) is 0 Å². The molecule has 78 valence electrons. The highest BCUT2D eigenvalue weighted by Crippen LogP contribution is 2.07. The molecule has 3 nitrogen and oxygen atoms in total. The number of aliphatic imine (C=N–C) groups is 1. The van der Waals surface area contributed by atoms with Crippen molar-refractivity contribution in [1.82, 2.24) is 0 Å². The van der Waals surface area contributed by atoms with E-state index in [1.54, 1.807) is 30.2 Å². The smallest absolute Gasteiger partial charge is 0.0991 e. The molecule has 4 heteroatoms. The summed E-state index contributed by atoms with van der Waals surface area (Å²) in [6.45, 7) is 0.824. The van der Waals surface area contributed by atoms with Crippen LogP contribution in [0.5, 0.6) is 0 Å². The van der Waals surface area contributed by atoms with Crippen LogP contribution in [0.2, 0.25) is 0 Å². The lowest BCUT2D eigenvalue weighted by molar-refractivity contribution is 1.15. The Balaban J connectivity index is 2.38. The number of anilines is 1. The zero-order chi connectivity index (χ0) is 10.9. The number of thioether (sulfide) groups is 1. The molecule has 0 amide bonds. The second-order valence-corrected chi connectivity index (χ2v) is 3.85. The molecule has 1 N–H and O–H groups in total. The summed E-state index contributed by atoms with van der Waals surface area (Å²) >= 11 is 1.78. The molecule has 0 heterocycles. The van der Waals surface area contributed by atoms with Crippen LogP contribution in [0, 0.1) is 11.3 Å². The van der Waals surface area contributed by atoms with E-state index in [0.717, 1.165) is 18.0 Å². The van der Waals surface area contributed by atoms with E-state index < -0.39 is 0 Å². The van der Waals surface area contributed by atoms with Crippen molar-refractivity contribution in [3.8, 4) is 6.07 Å². The molecule has 0 aromatic heterocycles. The van der Waals surface area contributed by atoms with Gasteiger partial charge >= 0.3 is 0 Å². The van der Waals surface area contributed by atoms with Gasteiger partial charge in [0.15, 0.2) is 0 Å². The topological polar surface area (TPSA) is 48.2 Å². The van der Waals surface area contributed by atoms with Crippen LogP contribution in [0.3, 0.4) is 0 Å². The highest BCUT2D eigenvalue weighted by Gasteiger charge is 1.90. The summed E-state index contributed by atoms with van der Waals surface area (Å²) < 4.78 is 0. The molecule has 0 radical (unpaired) electrons. The van der Waals surface area contributed by atoms with E-state index in [4.69, 9.17) is 5.26 Å². The predicted molar refractivity (Wildman–Crippen MR) is 66.5 cm³/mol. The molecule has 0 aliphatic rings. The van der Waals surface area contributed by atoms with Crippen LogP contribution in [0.1, 0.15) is 5.56 Å². The number of rotatable bonds is 5. The SMILES string of the molecule is CSCCN=CNc1ccc(C#N)cc1. The van der Waals surface area contributed by atoms with Crippen molar-refractivity contribution in [2.24, 2.45) is 4.99 Å². The highest BCUT2D eigenvalue weighted by molar-refractivity contribution is 7.98. The molecule has 0 atom stereocenters. The molecule has 1 aromatic rings. The Morgan fingerprint density at radius 3 is 2.80 bits per heavy atom. The second-order valence-electron chi connectivity index (χ2n) is 2.86. The Bertz CT molecular complexity index is 351. The molecule has 1 rings (SSSR count). The van der Waals surface area contributed by atoms with Crippen LogP contribution < -0.4 is 5.32 Å². The minimum Gasteiger partial charge on any atom is -0.347 e. The van der Waals surface area contributed by atoms with Crippen molar-refractivity contribution >= 4 is 23.8 Å². The largest absolute Gasteiger partial charge is 0.347 e. The fourth-order valence-electron chi connectivity index (χ4n) is 0.970. The van der Waals surface area contributed by atoms with Crippen LogP contribution >= 0.6 is 11.8 Å². The van der Waals surface area contributed by atoms with Crippen molar-refractivity contribution in [2.45, 2.75) is 0 Å². The summed E-state index contributed by atoms with van der Waals surface area (Å²) in [6, 6.07) is 9.35. The van der Waals surface area contributed by atoms with Crippen molar-refractivity contribution in [2.75, 3.05) is 23.9 Å². The van der Waals surface area contributed by atoms with Crippen LogP contribution in [-0.4, -0.2) is 24.9 Å². The summed E-state index contributed by atoms with van der Waals surface area (Å²) in [5.74, 6) is 1.03. The van der Waals surface area contributed by atoms with Crippen molar-refractivity contribution in [3.05, 3.63) is 29.8 Å². The minimum atomic E-state index is 0.667. The number of nitrogens with zero attached hydrogens (tertiary/aromatic N) is 2. The molecule has 0 aliphatic heterocycles. The van der Waals surface area contributed by atoms with Crippen molar-refractivity contribution < 1.29 is 0 Å². The van der Waals surface area contributed by atoms with Gasteiger partial charge in [0.2, 0.25) is 0 Å². The molecule has 0 aliphatic carbocycles. The molecular weight excluding hydrogens is 206 g/mol. The van der Waals surface area contributed by atoms with Crippen molar-refractivity contribution in [1.29, 1.82) is 5.26 Å². The van der Waals surface area contributed by atoms with Gasteiger partial charge in [-0.2, -0.15) is 17.0 Å². The van der Waals surface area contributed by atoms with Crippen LogP contribution in [0.4, 0.5) is 5.69 Å². The predicted octanol–water partition coefficient (Wildman–Crippen LogP) is 2.36. The monoisotopic (exact) mass is 219 g/mol. The first-order chi connectivity index (χ1) is 7.36. The van der Waals surface area contributed by atoms with Gasteiger partial charge in [0.1, 0.15) is 0 Å². The quantitative estimate of drug-likeness (QED) is 0.470. The van der Waals surface area contributed by atoms with E-state index in [-0.39, 0.29) is 0 Å². The van der Waals surface area contributed by atoms with E-state index in [9.17, 15) is 0 Å².